The van der Waals surface area contributed by atoms with Gasteiger partial charge in [0.05, 0.1) is 6.54 Å². The van der Waals surface area contributed by atoms with E-state index >= 15 is 0 Å². The Kier molecular flexibility index (Phi) is 4.77. The van der Waals surface area contributed by atoms with Crippen molar-refractivity contribution in [2.45, 2.75) is 26.3 Å². The molecule has 23 heavy (non-hydrogen) atoms. The van der Waals surface area contributed by atoms with Crippen molar-refractivity contribution in [3.63, 3.8) is 0 Å². The molecular weight excluding hydrogens is 312 g/mol. The van der Waals surface area contributed by atoms with Gasteiger partial charge in [0, 0.05) is 35.7 Å². The average Bonchev–Trinajstić information content (AvgIpc) is 3.21. The fourth-order valence-electron chi connectivity index (χ4n) is 2.05. The maximum absolute atomic E-state index is 11.9. The van der Waals surface area contributed by atoms with Crippen LogP contribution in [0.25, 0.3) is 11.4 Å². The average molecular weight is 328 g/mol. The Bertz CT molecular complexity index is 782. The number of nitrogens with one attached hydrogen (secondary N) is 1. The van der Waals surface area contributed by atoms with E-state index in [1.165, 1.54) is 10.4 Å². The monoisotopic (exact) mass is 328 g/mol. The summed E-state index contributed by atoms with van der Waals surface area (Å²) in [5.41, 5.74) is 2.04. The molecular formula is C16H16N4O2S. The summed E-state index contributed by atoms with van der Waals surface area (Å²) < 4.78 is 5.18. The van der Waals surface area contributed by atoms with Gasteiger partial charge < -0.3 is 9.84 Å². The third kappa shape index (κ3) is 4.01. The van der Waals surface area contributed by atoms with Crippen LogP contribution in [0.5, 0.6) is 0 Å². The third-order valence-corrected chi connectivity index (χ3v) is 4.41. The first-order chi connectivity index (χ1) is 11.2. The van der Waals surface area contributed by atoms with Crippen molar-refractivity contribution in [1.29, 1.82) is 0 Å². The molecule has 7 heteroatoms. The first-order valence-corrected chi connectivity index (χ1v) is 8.13. The zero-order valence-electron chi connectivity index (χ0n) is 12.7. The number of hydrogen-bond donors (Lipinski definition) is 1. The van der Waals surface area contributed by atoms with E-state index in [1.54, 1.807) is 23.7 Å². The molecule has 0 saturated heterocycles. The summed E-state index contributed by atoms with van der Waals surface area (Å²) >= 11 is 1.65. The van der Waals surface area contributed by atoms with Crippen LogP contribution in [0.4, 0.5) is 0 Å². The molecule has 6 nitrogen and oxygen atoms in total. The summed E-state index contributed by atoms with van der Waals surface area (Å²) in [6, 6.07) is 5.67. The lowest BCUT2D eigenvalue weighted by Gasteiger charge is -2.03. The lowest BCUT2D eigenvalue weighted by Crippen LogP contribution is -2.22. The lowest BCUT2D eigenvalue weighted by atomic mass is 10.2. The zero-order chi connectivity index (χ0) is 16.1. The molecule has 0 spiro atoms. The molecule has 3 aromatic rings. The highest BCUT2D eigenvalue weighted by Crippen LogP contribution is 2.16. The molecule has 0 aromatic carbocycles. The van der Waals surface area contributed by atoms with Gasteiger partial charge in [0.1, 0.15) is 0 Å². The second-order valence-corrected chi connectivity index (χ2v) is 6.05. The first kappa shape index (κ1) is 15.4. The number of aromatic nitrogens is 3. The summed E-state index contributed by atoms with van der Waals surface area (Å²) in [6.45, 7) is 2.60. The number of pyridine rings is 1. The molecule has 1 N–H and O–H groups in total. The Morgan fingerprint density at radius 2 is 2.13 bits per heavy atom. The third-order valence-electron chi connectivity index (χ3n) is 3.39. The molecule has 0 fully saturated rings. The predicted octanol–water partition coefficient (Wildman–Crippen LogP) is 2.75. The highest BCUT2D eigenvalue weighted by Gasteiger charge is 2.11. The molecule has 0 unspecified atom stereocenters. The van der Waals surface area contributed by atoms with Crippen molar-refractivity contribution in [2.75, 3.05) is 0 Å². The van der Waals surface area contributed by atoms with Crippen LogP contribution < -0.4 is 5.32 Å². The van der Waals surface area contributed by atoms with Crippen LogP contribution in [-0.2, 0) is 17.8 Å². The second-order valence-electron chi connectivity index (χ2n) is 5.05. The minimum absolute atomic E-state index is 0.0264. The molecule has 118 valence electrons. The number of amides is 1. The number of thiophene rings is 1. The molecule has 0 saturated carbocycles. The first-order valence-electron chi connectivity index (χ1n) is 7.25. The smallest absolute Gasteiger partial charge is 0.227 e. The van der Waals surface area contributed by atoms with Crippen LogP contribution in [0.2, 0.25) is 0 Å². The zero-order valence-corrected chi connectivity index (χ0v) is 13.5. The number of nitrogens with zero attached hydrogens (tertiary/aromatic N) is 3. The molecule has 3 heterocycles. The quantitative estimate of drug-likeness (QED) is 0.752. The van der Waals surface area contributed by atoms with Gasteiger partial charge in [-0.3, -0.25) is 9.78 Å². The summed E-state index contributed by atoms with van der Waals surface area (Å²) in [6.07, 6.45) is 4.09. The Balaban J connectivity index is 1.50. The van der Waals surface area contributed by atoms with Crippen LogP contribution in [0.15, 0.2) is 40.5 Å². The maximum Gasteiger partial charge on any atom is 0.227 e. The Morgan fingerprint density at radius 3 is 2.87 bits per heavy atom. The van der Waals surface area contributed by atoms with E-state index in [0.717, 1.165) is 5.56 Å². The normalized spacial score (nSPS) is 10.7. The molecule has 0 atom stereocenters. The van der Waals surface area contributed by atoms with Crippen molar-refractivity contribution in [1.82, 2.24) is 20.4 Å². The SMILES string of the molecule is Cc1ccsc1CNC(=O)CCc1nc(-c2ccncc2)no1. The second kappa shape index (κ2) is 7.15. The van der Waals surface area contributed by atoms with Crippen molar-refractivity contribution in [3.8, 4) is 11.4 Å². The number of carbonyl (C=O) groups excluding carboxylic acids is 1. The van der Waals surface area contributed by atoms with Gasteiger partial charge in [-0.05, 0) is 36.1 Å². The Morgan fingerprint density at radius 1 is 1.30 bits per heavy atom. The summed E-state index contributed by atoms with van der Waals surface area (Å²) in [7, 11) is 0. The van der Waals surface area contributed by atoms with Crippen LogP contribution in [-0.4, -0.2) is 21.0 Å². The fraction of sp³-hybridized carbons (Fsp3) is 0.250. The molecule has 0 aliphatic carbocycles. The number of hydrogen-bond acceptors (Lipinski definition) is 6. The van der Waals surface area contributed by atoms with E-state index in [4.69, 9.17) is 4.52 Å². The van der Waals surface area contributed by atoms with Crippen LogP contribution in [0, 0.1) is 6.92 Å². The molecule has 0 aliphatic rings. The molecule has 3 aromatic heterocycles. The van der Waals surface area contributed by atoms with Crippen molar-refractivity contribution < 1.29 is 9.32 Å². The van der Waals surface area contributed by atoms with Gasteiger partial charge in [0.25, 0.3) is 0 Å². The molecule has 0 radical (unpaired) electrons. The minimum atomic E-state index is -0.0264. The van der Waals surface area contributed by atoms with Crippen LogP contribution in [0.1, 0.15) is 22.8 Å². The largest absolute Gasteiger partial charge is 0.351 e. The topological polar surface area (TPSA) is 80.9 Å². The standard InChI is InChI=1S/C16H16N4O2S/c1-11-6-9-23-13(11)10-18-14(21)2-3-15-19-16(20-22-15)12-4-7-17-8-5-12/h4-9H,2-3,10H2,1H3,(H,18,21). The predicted molar refractivity (Wildman–Crippen MR) is 86.8 cm³/mol. The number of rotatable bonds is 6. The minimum Gasteiger partial charge on any atom is -0.351 e. The van der Waals surface area contributed by atoms with E-state index in [2.05, 4.69) is 20.4 Å². The van der Waals surface area contributed by atoms with E-state index in [-0.39, 0.29) is 5.91 Å². The molecule has 1 amide bonds. The van der Waals surface area contributed by atoms with Gasteiger partial charge in [-0.1, -0.05) is 5.16 Å². The van der Waals surface area contributed by atoms with Crippen LogP contribution in [0.3, 0.4) is 0 Å². The van der Waals surface area contributed by atoms with Crippen LogP contribution >= 0.6 is 11.3 Å². The highest BCUT2D eigenvalue weighted by molar-refractivity contribution is 7.10. The Labute approximate surface area is 137 Å². The fourth-order valence-corrected chi connectivity index (χ4v) is 2.89. The molecule has 0 bridgehead atoms. The lowest BCUT2D eigenvalue weighted by molar-refractivity contribution is -0.121. The number of carbonyl (C=O) groups is 1. The summed E-state index contributed by atoms with van der Waals surface area (Å²) in [4.78, 5) is 21.3. The highest BCUT2D eigenvalue weighted by atomic mass is 32.1. The molecule has 3 rings (SSSR count). The number of aryl methyl sites for hydroxylation is 2. The summed E-state index contributed by atoms with van der Waals surface area (Å²) in [5, 5.41) is 8.85. The van der Waals surface area contributed by atoms with Gasteiger partial charge in [-0.25, -0.2) is 0 Å². The van der Waals surface area contributed by atoms with E-state index in [1.807, 2.05) is 30.5 Å². The maximum atomic E-state index is 11.9. The van der Waals surface area contributed by atoms with E-state index in [9.17, 15) is 4.79 Å². The van der Waals surface area contributed by atoms with Crippen molar-refractivity contribution in [3.05, 3.63) is 52.3 Å². The van der Waals surface area contributed by atoms with E-state index in [0.29, 0.717) is 31.1 Å². The van der Waals surface area contributed by atoms with E-state index < -0.39 is 0 Å². The van der Waals surface area contributed by atoms with Gasteiger partial charge >= 0.3 is 0 Å². The van der Waals surface area contributed by atoms with Crippen molar-refractivity contribution in [2.24, 2.45) is 0 Å². The summed E-state index contributed by atoms with van der Waals surface area (Å²) in [5.74, 6) is 0.942. The van der Waals surface area contributed by atoms with Gasteiger partial charge in [-0.15, -0.1) is 11.3 Å². The molecule has 0 aliphatic heterocycles. The Hall–Kier alpha value is -2.54. The van der Waals surface area contributed by atoms with Gasteiger partial charge in [0.15, 0.2) is 0 Å². The van der Waals surface area contributed by atoms with Gasteiger partial charge in [-0.2, -0.15) is 4.98 Å². The van der Waals surface area contributed by atoms with Gasteiger partial charge in [0.2, 0.25) is 17.6 Å². The van der Waals surface area contributed by atoms with Crippen molar-refractivity contribution >= 4 is 17.2 Å².